The van der Waals surface area contributed by atoms with E-state index in [2.05, 4.69) is 3.98 Å². The molecule has 20 heavy (non-hydrogen) atoms. The van der Waals surface area contributed by atoms with Crippen molar-refractivity contribution in [2.24, 2.45) is 5.73 Å². The van der Waals surface area contributed by atoms with Crippen molar-refractivity contribution in [1.82, 2.24) is 3.98 Å². The van der Waals surface area contributed by atoms with Gasteiger partial charge in [0.25, 0.3) is 0 Å². The molecule has 0 saturated carbocycles. The van der Waals surface area contributed by atoms with Gasteiger partial charge in [-0.05, 0) is 0 Å². The van der Waals surface area contributed by atoms with Crippen molar-refractivity contribution in [2.45, 2.75) is 0 Å². The van der Waals surface area contributed by atoms with Crippen LogP contribution in [0.2, 0.25) is 0 Å². The van der Waals surface area contributed by atoms with Gasteiger partial charge < -0.3 is 5.48 Å². The van der Waals surface area contributed by atoms with Crippen LogP contribution in [0.5, 0.6) is 0 Å². The molecular weight excluding hydrogens is 323 g/mol. The summed E-state index contributed by atoms with van der Waals surface area (Å²) in [6, 6.07) is 14.7. The minimum Gasteiger partial charge on any atom is -0.870 e. The molecular formula is C14H12N2O3Se. The fourth-order valence-corrected chi connectivity index (χ4v) is 6.15. The number of rotatable bonds is 2. The van der Waals surface area contributed by atoms with Crippen LogP contribution in [0.15, 0.2) is 53.3 Å². The summed E-state index contributed by atoms with van der Waals surface area (Å²) in [6.45, 7) is 0. The Hall–Kier alpha value is -2.14. The van der Waals surface area contributed by atoms with E-state index in [4.69, 9.17) is 5.73 Å². The molecule has 102 valence electrons. The third-order valence-electron chi connectivity index (χ3n) is 2.92. The van der Waals surface area contributed by atoms with E-state index < -0.39 is 19.6 Å². The number of hydrogen-bond acceptors (Lipinski definition) is 3. The van der Waals surface area contributed by atoms with E-state index in [9.17, 15) is 9.59 Å². The van der Waals surface area contributed by atoms with Crippen LogP contribution in [-0.4, -0.2) is 29.0 Å². The smallest absolute Gasteiger partial charge is 0.870 e. The van der Waals surface area contributed by atoms with Crippen LogP contribution < -0.4 is 11.3 Å². The zero-order valence-corrected chi connectivity index (χ0v) is 12.1. The Morgan fingerprint density at radius 2 is 1.70 bits per heavy atom. The maximum absolute atomic E-state index is 11.9. The van der Waals surface area contributed by atoms with Crippen molar-refractivity contribution in [2.75, 3.05) is 0 Å². The topological polar surface area (TPSA) is 106 Å². The minimum absolute atomic E-state index is 0. The molecule has 0 saturated heterocycles. The number of amides is 1. The van der Waals surface area contributed by atoms with E-state index in [0.717, 1.165) is 8.72 Å². The average Bonchev–Trinajstić information content (AvgIpc) is 2.77. The van der Waals surface area contributed by atoms with Gasteiger partial charge in [-0.1, -0.05) is 0 Å². The zero-order chi connectivity index (χ0) is 13.4. The van der Waals surface area contributed by atoms with Crippen molar-refractivity contribution in [3.05, 3.63) is 64.4 Å². The van der Waals surface area contributed by atoms with Crippen molar-refractivity contribution in [1.29, 1.82) is 0 Å². The molecule has 3 rings (SSSR count). The zero-order valence-electron chi connectivity index (χ0n) is 10.4. The normalized spacial score (nSPS) is 11.1. The third-order valence-corrected chi connectivity index (χ3v) is 7.08. The van der Waals surface area contributed by atoms with Crippen LogP contribution in [0.3, 0.4) is 0 Å². The summed E-state index contributed by atoms with van der Waals surface area (Å²) in [5, 5.41) is 0.701. The Bertz CT molecular complexity index is 836. The van der Waals surface area contributed by atoms with Gasteiger partial charge in [-0.15, -0.1) is 0 Å². The van der Waals surface area contributed by atoms with Gasteiger partial charge in [0.05, 0.1) is 0 Å². The maximum atomic E-state index is 11.9. The Morgan fingerprint density at radius 1 is 1.05 bits per heavy atom. The van der Waals surface area contributed by atoms with E-state index in [1.165, 1.54) is 0 Å². The summed E-state index contributed by atoms with van der Waals surface area (Å²) < 4.78 is 4.87. The first-order valence-corrected chi connectivity index (χ1v) is 8.28. The van der Waals surface area contributed by atoms with Gasteiger partial charge >= 0.3 is 113 Å². The Morgan fingerprint density at radius 3 is 2.45 bits per heavy atom. The second-order valence-electron chi connectivity index (χ2n) is 4.09. The number of nitrogens with two attached hydrogens (primary N) is 1. The van der Waals surface area contributed by atoms with Gasteiger partial charge in [-0.25, -0.2) is 0 Å². The van der Waals surface area contributed by atoms with Crippen LogP contribution in [0.25, 0.3) is 14.1 Å². The average molecular weight is 335 g/mol. The molecule has 1 aromatic heterocycles. The van der Waals surface area contributed by atoms with Crippen LogP contribution in [0, 0.1) is 0 Å². The Kier molecular flexibility index (Phi) is 3.90. The number of aromatic nitrogens is 1. The van der Waals surface area contributed by atoms with E-state index in [1.807, 2.05) is 30.3 Å². The second kappa shape index (κ2) is 5.46. The summed E-state index contributed by atoms with van der Waals surface area (Å²) >= 11 is -1.73. The van der Waals surface area contributed by atoms with Crippen LogP contribution in [0.4, 0.5) is 0 Å². The summed E-state index contributed by atoms with van der Waals surface area (Å²) in [5.41, 5.74) is 5.83. The van der Waals surface area contributed by atoms with Gasteiger partial charge in [-0.2, -0.15) is 0 Å². The van der Waals surface area contributed by atoms with E-state index >= 15 is 0 Å². The van der Waals surface area contributed by atoms with E-state index in [0.29, 0.717) is 10.9 Å². The first-order chi connectivity index (χ1) is 9.18. The number of H-pyrrole nitrogens is 1. The Balaban J connectivity index is 0.00000147. The van der Waals surface area contributed by atoms with Crippen molar-refractivity contribution >= 4 is 29.2 Å². The number of primary amides is 1. The molecule has 1 heterocycles. The predicted molar refractivity (Wildman–Crippen MR) is 77.9 cm³/mol. The molecule has 0 aliphatic carbocycles. The van der Waals surface area contributed by atoms with Crippen LogP contribution in [0.1, 0.15) is 10.4 Å². The summed E-state index contributed by atoms with van der Waals surface area (Å²) in [6.07, 6.45) is 0. The molecule has 1 atom stereocenters. The number of nitrogens with one attached hydrogen (secondary N) is 1. The van der Waals surface area contributed by atoms with Gasteiger partial charge in [-0.3, -0.25) is 0 Å². The van der Waals surface area contributed by atoms with E-state index in [1.54, 1.807) is 18.2 Å². The summed E-state index contributed by atoms with van der Waals surface area (Å²) in [7, 11) is 0. The summed E-state index contributed by atoms with van der Waals surface area (Å²) in [5.74, 6) is -0.460. The SMILES string of the molecule is NC(=O)c1ccccc1-[se+]1[nH]c(=O)c2ccccc21.[OH-]. The fourth-order valence-electron chi connectivity index (χ4n) is 2.06. The molecule has 1 unspecified atom stereocenters. The second-order valence-corrected chi connectivity index (χ2v) is 7.65. The number of carbonyl (C=O) groups is 1. The van der Waals surface area contributed by atoms with Crippen molar-refractivity contribution < 1.29 is 10.3 Å². The van der Waals surface area contributed by atoms with E-state index in [-0.39, 0.29) is 11.0 Å². The van der Waals surface area contributed by atoms with Crippen LogP contribution >= 0.6 is 0 Å². The summed E-state index contributed by atoms with van der Waals surface area (Å²) in [4.78, 5) is 23.4. The molecule has 1 amide bonds. The molecule has 6 heteroatoms. The molecule has 5 nitrogen and oxygen atoms in total. The number of fused-ring (bicyclic) bond motifs is 1. The number of benzene rings is 2. The number of aromatic amines is 1. The third kappa shape index (κ3) is 2.20. The molecule has 0 radical (unpaired) electrons. The molecule has 0 bridgehead atoms. The van der Waals surface area contributed by atoms with Crippen molar-refractivity contribution in [3.8, 4) is 4.46 Å². The molecule has 0 spiro atoms. The predicted octanol–water partition coefficient (Wildman–Crippen LogP) is 1.18. The Labute approximate surface area is 118 Å². The molecule has 2 aromatic carbocycles. The maximum Gasteiger partial charge on any atom is -0.870 e. The molecule has 0 fully saturated rings. The van der Waals surface area contributed by atoms with Gasteiger partial charge in [0.2, 0.25) is 0 Å². The quantitative estimate of drug-likeness (QED) is 0.687. The van der Waals surface area contributed by atoms with Gasteiger partial charge in [0.1, 0.15) is 0 Å². The molecule has 0 aliphatic rings. The van der Waals surface area contributed by atoms with Crippen molar-refractivity contribution in [3.63, 3.8) is 0 Å². The monoisotopic (exact) mass is 336 g/mol. The first-order valence-electron chi connectivity index (χ1n) is 5.71. The number of hydrogen-bond donors (Lipinski definition) is 2. The molecule has 3 aromatic rings. The number of carbonyl (C=O) groups excluding carboxylic acids is 1. The van der Waals surface area contributed by atoms with Gasteiger partial charge in [0, 0.05) is 0 Å². The standard InChI is InChI=1S/C14H10N2O2Se.H2O/c15-13(17)9-5-1-3-7-11(9)19-12-8-4-2-6-10(12)14(18)16-19;/h1-8H,(H2-,15,16,17,18);1H2. The first kappa shape index (κ1) is 14.3. The minimum atomic E-state index is -1.73. The molecule has 0 aliphatic heterocycles. The van der Waals surface area contributed by atoms with Crippen LogP contribution in [-0.2, 0) is 0 Å². The fraction of sp³-hybridized carbons (Fsp3) is 0. The largest absolute Gasteiger partial charge is 0.870 e. The molecule has 4 N–H and O–H groups in total. The van der Waals surface area contributed by atoms with Gasteiger partial charge in [0.15, 0.2) is 0 Å².